The molecule has 0 atom stereocenters. The molecule has 0 aliphatic rings. The summed E-state index contributed by atoms with van der Waals surface area (Å²) in [4.78, 5) is 4.92. The van der Waals surface area contributed by atoms with Crippen LogP contribution in [0.25, 0.3) is 55.9 Å². The van der Waals surface area contributed by atoms with E-state index in [0.29, 0.717) is 0 Å². The summed E-state index contributed by atoms with van der Waals surface area (Å²) in [6.07, 6.45) is 0. The molecule has 6 rings (SSSR count). The topological polar surface area (TPSA) is 12.9 Å². The Hall–Kier alpha value is -4.75. The van der Waals surface area contributed by atoms with Crippen LogP contribution >= 0.6 is 0 Å². The van der Waals surface area contributed by atoms with Gasteiger partial charge in [-0.3, -0.25) is 0 Å². The third-order valence-electron chi connectivity index (χ3n) is 7.10. The van der Waals surface area contributed by atoms with Gasteiger partial charge in [0.25, 0.3) is 0 Å². The minimum Gasteiger partial charge on any atom is -0.248 e. The van der Waals surface area contributed by atoms with Crippen molar-refractivity contribution >= 4 is 0 Å². The van der Waals surface area contributed by atoms with Gasteiger partial charge >= 0.3 is 0 Å². The minimum atomic E-state index is 0.985. The molecule has 0 amide bonds. The van der Waals surface area contributed by atoms with Gasteiger partial charge in [-0.2, -0.15) is 0 Å². The lowest BCUT2D eigenvalue weighted by Crippen LogP contribution is -1.88. The van der Waals surface area contributed by atoms with Gasteiger partial charge in [0.05, 0.1) is 11.4 Å². The van der Waals surface area contributed by atoms with E-state index in [2.05, 4.69) is 153 Å². The van der Waals surface area contributed by atoms with E-state index in [-0.39, 0.29) is 0 Å². The maximum absolute atomic E-state index is 4.92. The number of benzene rings is 5. The van der Waals surface area contributed by atoms with Crippen LogP contribution in [0.5, 0.6) is 0 Å². The molecule has 0 aliphatic carbocycles. The quantitative estimate of drug-likeness (QED) is 0.236. The zero-order chi connectivity index (χ0) is 25.9. The molecule has 38 heavy (non-hydrogen) atoms. The normalized spacial score (nSPS) is 10.9. The van der Waals surface area contributed by atoms with Crippen LogP contribution in [0.1, 0.15) is 11.1 Å². The Morgan fingerprint density at radius 1 is 0.289 bits per heavy atom. The highest BCUT2D eigenvalue weighted by Crippen LogP contribution is 2.29. The summed E-state index contributed by atoms with van der Waals surface area (Å²) in [7, 11) is 0. The predicted octanol–water partition coefficient (Wildman–Crippen LogP) is 10.0. The van der Waals surface area contributed by atoms with Crippen LogP contribution in [0.3, 0.4) is 0 Å². The number of aromatic nitrogens is 1. The number of rotatable bonds is 5. The molecule has 0 radical (unpaired) electrons. The fourth-order valence-corrected chi connectivity index (χ4v) is 4.77. The first-order chi connectivity index (χ1) is 18.6. The first-order valence-electron chi connectivity index (χ1n) is 13.0. The van der Waals surface area contributed by atoms with Gasteiger partial charge in [0.2, 0.25) is 0 Å². The molecule has 0 fully saturated rings. The van der Waals surface area contributed by atoms with Crippen molar-refractivity contribution in [3.8, 4) is 55.9 Å². The summed E-state index contributed by atoms with van der Waals surface area (Å²) in [6.45, 7) is 4.22. The van der Waals surface area contributed by atoms with Crippen LogP contribution < -0.4 is 0 Å². The molecule has 5 aromatic carbocycles. The van der Waals surface area contributed by atoms with Crippen LogP contribution in [0, 0.1) is 13.8 Å². The number of hydrogen-bond donors (Lipinski definition) is 0. The molecule has 6 aromatic rings. The SMILES string of the molecule is Cc1ccc(-c2ccc(-c3ccc(-c4ccc(-c5cccc(-c6ccc(C)cc6)n5)cc4)cc3)cc2)cc1. The smallest absolute Gasteiger partial charge is 0.0709 e. The van der Waals surface area contributed by atoms with Crippen molar-refractivity contribution in [2.45, 2.75) is 13.8 Å². The van der Waals surface area contributed by atoms with E-state index in [9.17, 15) is 0 Å². The second kappa shape index (κ2) is 10.3. The number of pyridine rings is 1. The van der Waals surface area contributed by atoms with Crippen LogP contribution in [-0.2, 0) is 0 Å². The molecular weight excluding hydrogens is 458 g/mol. The average Bonchev–Trinajstić information content (AvgIpc) is 2.98. The summed E-state index contributed by atoms with van der Waals surface area (Å²) < 4.78 is 0. The molecule has 1 heteroatoms. The summed E-state index contributed by atoms with van der Waals surface area (Å²) in [5.41, 5.74) is 14.1. The van der Waals surface area contributed by atoms with Gasteiger partial charge in [-0.05, 0) is 59.4 Å². The van der Waals surface area contributed by atoms with E-state index in [1.54, 1.807) is 0 Å². The summed E-state index contributed by atoms with van der Waals surface area (Å²) >= 11 is 0. The second-order valence-corrected chi connectivity index (χ2v) is 9.87. The molecule has 182 valence electrons. The van der Waals surface area contributed by atoms with Crippen LogP contribution in [0.15, 0.2) is 140 Å². The maximum Gasteiger partial charge on any atom is 0.0709 e. The van der Waals surface area contributed by atoms with E-state index < -0.39 is 0 Å². The largest absolute Gasteiger partial charge is 0.248 e. The molecule has 0 saturated heterocycles. The lowest BCUT2D eigenvalue weighted by Gasteiger charge is -2.09. The number of hydrogen-bond acceptors (Lipinski definition) is 1. The van der Waals surface area contributed by atoms with Gasteiger partial charge in [0.15, 0.2) is 0 Å². The second-order valence-electron chi connectivity index (χ2n) is 9.87. The number of nitrogens with zero attached hydrogens (tertiary/aromatic N) is 1. The van der Waals surface area contributed by atoms with Crippen molar-refractivity contribution in [1.82, 2.24) is 4.98 Å². The first-order valence-corrected chi connectivity index (χ1v) is 13.0. The molecule has 0 unspecified atom stereocenters. The molecule has 0 spiro atoms. The van der Waals surface area contributed by atoms with Crippen molar-refractivity contribution in [3.63, 3.8) is 0 Å². The zero-order valence-electron chi connectivity index (χ0n) is 21.7. The van der Waals surface area contributed by atoms with Gasteiger partial charge in [-0.1, -0.05) is 139 Å². The Labute approximate surface area is 225 Å². The van der Waals surface area contributed by atoms with Crippen molar-refractivity contribution < 1.29 is 0 Å². The highest BCUT2D eigenvalue weighted by molar-refractivity contribution is 5.75. The Morgan fingerprint density at radius 2 is 0.526 bits per heavy atom. The summed E-state index contributed by atoms with van der Waals surface area (Å²) in [5, 5.41) is 0. The highest BCUT2D eigenvalue weighted by Gasteiger charge is 2.06. The monoisotopic (exact) mass is 487 g/mol. The van der Waals surface area contributed by atoms with Gasteiger partial charge < -0.3 is 0 Å². The van der Waals surface area contributed by atoms with Crippen LogP contribution in [-0.4, -0.2) is 4.98 Å². The van der Waals surface area contributed by atoms with Crippen LogP contribution in [0.2, 0.25) is 0 Å². The molecule has 0 saturated carbocycles. The fourth-order valence-electron chi connectivity index (χ4n) is 4.77. The van der Waals surface area contributed by atoms with Gasteiger partial charge in [-0.25, -0.2) is 4.98 Å². The number of aryl methyl sites for hydroxylation is 2. The van der Waals surface area contributed by atoms with Crippen molar-refractivity contribution in [2.75, 3.05) is 0 Å². The predicted molar refractivity (Wildman–Crippen MR) is 161 cm³/mol. The molecule has 1 nitrogen and oxygen atoms in total. The fraction of sp³-hybridized carbons (Fsp3) is 0.0541. The summed E-state index contributed by atoms with van der Waals surface area (Å²) in [5.74, 6) is 0. The van der Waals surface area contributed by atoms with Crippen molar-refractivity contribution in [1.29, 1.82) is 0 Å². The lowest BCUT2D eigenvalue weighted by atomic mass is 9.97. The first kappa shape index (κ1) is 23.6. The molecule has 0 bridgehead atoms. The highest BCUT2D eigenvalue weighted by atomic mass is 14.7. The maximum atomic E-state index is 4.92. The summed E-state index contributed by atoms with van der Waals surface area (Å²) in [6, 6.07) is 49.7. The van der Waals surface area contributed by atoms with Crippen LogP contribution in [0.4, 0.5) is 0 Å². The van der Waals surface area contributed by atoms with E-state index in [1.165, 1.54) is 44.5 Å². The van der Waals surface area contributed by atoms with Crippen molar-refractivity contribution in [2.24, 2.45) is 0 Å². The Kier molecular flexibility index (Phi) is 6.42. The lowest BCUT2D eigenvalue weighted by molar-refractivity contribution is 1.32. The van der Waals surface area contributed by atoms with E-state index >= 15 is 0 Å². The minimum absolute atomic E-state index is 0.985. The van der Waals surface area contributed by atoms with E-state index in [0.717, 1.165) is 22.5 Å². The molecule has 1 heterocycles. The Bertz CT molecular complexity index is 1660. The molecular formula is C37H29N. The Balaban J connectivity index is 1.19. The molecule has 0 N–H and O–H groups in total. The Morgan fingerprint density at radius 3 is 0.842 bits per heavy atom. The van der Waals surface area contributed by atoms with E-state index in [1.807, 2.05) is 0 Å². The van der Waals surface area contributed by atoms with Gasteiger partial charge in [0, 0.05) is 11.1 Å². The average molecular weight is 488 g/mol. The van der Waals surface area contributed by atoms with Crippen molar-refractivity contribution in [3.05, 3.63) is 151 Å². The van der Waals surface area contributed by atoms with Gasteiger partial charge in [-0.15, -0.1) is 0 Å². The molecule has 1 aromatic heterocycles. The standard InChI is InChI=1S/C37H29N/c1-26-6-10-28(11-7-26)29-14-16-30(17-15-29)31-18-20-32(21-19-31)33-22-24-35(25-23-33)37-5-3-4-36(38-37)34-12-8-27(2)9-13-34/h3-25H,1-2H3. The van der Waals surface area contributed by atoms with E-state index in [4.69, 9.17) is 4.98 Å². The van der Waals surface area contributed by atoms with Gasteiger partial charge in [0.1, 0.15) is 0 Å². The zero-order valence-corrected chi connectivity index (χ0v) is 21.7. The third kappa shape index (κ3) is 5.05. The molecule has 0 aliphatic heterocycles. The third-order valence-corrected chi connectivity index (χ3v) is 7.10.